The molecule has 2 N–H and O–H groups in total. The summed E-state index contributed by atoms with van der Waals surface area (Å²) in [6.07, 6.45) is 0. The molecule has 1 heterocycles. The lowest BCUT2D eigenvalue weighted by atomic mass is 10.1. The van der Waals surface area contributed by atoms with Gasteiger partial charge in [-0.05, 0) is 30.5 Å². The number of nitrogens with one attached hydrogen (secondary N) is 2. The van der Waals surface area contributed by atoms with Crippen LogP contribution in [0.15, 0.2) is 35.7 Å². The number of anilines is 1. The van der Waals surface area contributed by atoms with Gasteiger partial charge in [-0.15, -0.1) is 11.3 Å². The Morgan fingerprint density at radius 3 is 2.13 bits per heavy atom. The van der Waals surface area contributed by atoms with Crippen LogP contribution >= 0.6 is 11.3 Å². The molecule has 0 aliphatic rings. The van der Waals surface area contributed by atoms with Crippen molar-refractivity contribution < 1.29 is 14.4 Å². The summed E-state index contributed by atoms with van der Waals surface area (Å²) in [7, 11) is 3.41. The van der Waals surface area contributed by atoms with Gasteiger partial charge >= 0.3 is 0 Å². The third kappa shape index (κ3) is 4.24. The van der Waals surface area contributed by atoms with E-state index in [1.54, 1.807) is 49.8 Å². The maximum absolute atomic E-state index is 12.3. The lowest BCUT2D eigenvalue weighted by Gasteiger charge is -2.12. The summed E-state index contributed by atoms with van der Waals surface area (Å²) in [5.41, 5.74) is 4.00. The third-order valence-corrected chi connectivity index (χ3v) is 3.85. The number of nitrogens with zero attached hydrogens (tertiary/aromatic N) is 1. The standard InChI is InChI=1S/C16H17N3O3S/c1-10(20)11-4-6-12(7-5-11)14(21)17-16-13(8-9-23-16)15(22)18-19(2)3/h4-9H,1-3H3,(H,17,21)(H,18,22). The number of carbonyl (C=O) groups excluding carboxylic acids is 3. The highest BCUT2D eigenvalue weighted by Crippen LogP contribution is 2.24. The van der Waals surface area contributed by atoms with Crippen LogP contribution in [-0.2, 0) is 0 Å². The minimum absolute atomic E-state index is 0.0575. The first-order valence-corrected chi connectivity index (χ1v) is 7.74. The van der Waals surface area contributed by atoms with Gasteiger partial charge in [-0.25, -0.2) is 5.01 Å². The topological polar surface area (TPSA) is 78.5 Å². The van der Waals surface area contributed by atoms with Crippen molar-refractivity contribution in [2.24, 2.45) is 0 Å². The van der Waals surface area contributed by atoms with Crippen molar-refractivity contribution in [3.05, 3.63) is 52.4 Å². The Labute approximate surface area is 138 Å². The first-order valence-electron chi connectivity index (χ1n) is 6.86. The van der Waals surface area contributed by atoms with E-state index in [4.69, 9.17) is 0 Å². The fourth-order valence-corrected chi connectivity index (χ4v) is 2.66. The number of hydrogen-bond donors (Lipinski definition) is 2. The van der Waals surface area contributed by atoms with Gasteiger partial charge in [0.2, 0.25) is 0 Å². The van der Waals surface area contributed by atoms with Crippen LogP contribution in [-0.4, -0.2) is 36.7 Å². The largest absolute Gasteiger partial charge is 0.313 e. The molecule has 2 aromatic rings. The number of carbonyl (C=O) groups is 3. The molecule has 6 nitrogen and oxygen atoms in total. The van der Waals surface area contributed by atoms with Gasteiger partial charge in [0.05, 0.1) is 5.56 Å². The number of hydrogen-bond acceptors (Lipinski definition) is 5. The van der Waals surface area contributed by atoms with Crippen molar-refractivity contribution >= 4 is 33.9 Å². The predicted molar refractivity (Wildman–Crippen MR) is 89.9 cm³/mol. The SMILES string of the molecule is CC(=O)c1ccc(C(=O)Nc2sccc2C(=O)NN(C)C)cc1. The summed E-state index contributed by atoms with van der Waals surface area (Å²) in [5, 5.41) is 6.47. The highest BCUT2D eigenvalue weighted by molar-refractivity contribution is 7.14. The first-order chi connectivity index (χ1) is 10.9. The molecule has 0 atom stereocenters. The van der Waals surface area contributed by atoms with Crippen LogP contribution in [0.4, 0.5) is 5.00 Å². The number of amides is 2. The second kappa shape index (κ2) is 7.17. The predicted octanol–water partition coefficient (Wildman–Crippen LogP) is 2.41. The zero-order chi connectivity index (χ0) is 17.0. The Morgan fingerprint density at radius 1 is 0.957 bits per heavy atom. The fourth-order valence-electron chi connectivity index (χ4n) is 1.88. The number of benzene rings is 1. The van der Waals surface area contributed by atoms with Gasteiger partial charge in [-0.1, -0.05) is 12.1 Å². The molecule has 23 heavy (non-hydrogen) atoms. The van der Waals surface area contributed by atoms with E-state index in [1.165, 1.54) is 23.3 Å². The average Bonchev–Trinajstić information content (AvgIpc) is 2.94. The molecule has 0 fully saturated rings. The van der Waals surface area contributed by atoms with Crippen molar-refractivity contribution in [2.45, 2.75) is 6.92 Å². The lowest BCUT2D eigenvalue weighted by Crippen LogP contribution is -2.36. The van der Waals surface area contributed by atoms with Gasteiger partial charge in [-0.3, -0.25) is 19.8 Å². The molecule has 7 heteroatoms. The number of ketones is 1. The number of hydrazine groups is 1. The van der Waals surface area contributed by atoms with Crippen LogP contribution in [0.1, 0.15) is 38.0 Å². The smallest absolute Gasteiger partial charge is 0.268 e. The van der Waals surface area contributed by atoms with Crippen molar-refractivity contribution in [3.63, 3.8) is 0 Å². The first kappa shape index (κ1) is 16.9. The molecule has 0 saturated heterocycles. The van der Waals surface area contributed by atoms with Gasteiger partial charge in [-0.2, -0.15) is 0 Å². The van der Waals surface area contributed by atoms with E-state index in [9.17, 15) is 14.4 Å². The third-order valence-electron chi connectivity index (χ3n) is 3.02. The van der Waals surface area contributed by atoms with Crippen LogP contribution in [0.3, 0.4) is 0 Å². The molecule has 0 spiro atoms. The average molecular weight is 331 g/mol. The van der Waals surface area contributed by atoms with Gasteiger partial charge in [0, 0.05) is 25.2 Å². The maximum atomic E-state index is 12.3. The molecule has 0 aliphatic carbocycles. The second-order valence-electron chi connectivity index (χ2n) is 5.09. The Bertz CT molecular complexity index is 735. The molecular weight excluding hydrogens is 314 g/mol. The van der Waals surface area contributed by atoms with Crippen LogP contribution in [0.25, 0.3) is 0 Å². The molecule has 2 rings (SSSR count). The van der Waals surface area contributed by atoms with Crippen LogP contribution in [0, 0.1) is 0 Å². The Morgan fingerprint density at radius 2 is 1.57 bits per heavy atom. The van der Waals surface area contributed by atoms with Crippen molar-refractivity contribution in [2.75, 3.05) is 19.4 Å². The van der Waals surface area contributed by atoms with E-state index in [0.717, 1.165) is 0 Å². The zero-order valence-corrected chi connectivity index (χ0v) is 13.9. The quantitative estimate of drug-likeness (QED) is 0.651. The molecular formula is C16H17N3O3S. The van der Waals surface area contributed by atoms with E-state index >= 15 is 0 Å². The van der Waals surface area contributed by atoms with Gasteiger partial charge in [0.25, 0.3) is 11.8 Å². The summed E-state index contributed by atoms with van der Waals surface area (Å²) >= 11 is 1.27. The summed E-state index contributed by atoms with van der Waals surface area (Å²) in [6.45, 7) is 1.47. The number of thiophene rings is 1. The molecule has 0 bridgehead atoms. The molecule has 0 unspecified atom stereocenters. The Balaban J connectivity index is 2.13. The van der Waals surface area contributed by atoms with Crippen molar-refractivity contribution in [1.29, 1.82) is 0 Å². The fraction of sp³-hybridized carbons (Fsp3) is 0.188. The molecule has 0 saturated carbocycles. The molecule has 120 valence electrons. The molecule has 0 aliphatic heterocycles. The van der Waals surface area contributed by atoms with Crippen molar-refractivity contribution in [1.82, 2.24) is 10.4 Å². The molecule has 2 amide bonds. The Hall–Kier alpha value is -2.51. The van der Waals surface area contributed by atoms with Crippen LogP contribution in [0.2, 0.25) is 0 Å². The van der Waals surface area contributed by atoms with E-state index in [-0.39, 0.29) is 17.6 Å². The highest BCUT2D eigenvalue weighted by Gasteiger charge is 2.16. The summed E-state index contributed by atoms with van der Waals surface area (Å²) < 4.78 is 0. The van der Waals surface area contributed by atoms with Crippen LogP contribution < -0.4 is 10.7 Å². The van der Waals surface area contributed by atoms with Gasteiger partial charge in [0.15, 0.2) is 5.78 Å². The number of Topliss-reactive ketones (excluding diaryl/α,β-unsaturated/α-hetero) is 1. The second-order valence-corrected chi connectivity index (χ2v) is 6.00. The van der Waals surface area contributed by atoms with E-state index in [0.29, 0.717) is 21.7 Å². The van der Waals surface area contributed by atoms with E-state index in [2.05, 4.69) is 10.7 Å². The molecule has 1 aromatic carbocycles. The number of rotatable bonds is 5. The summed E-state index contributed by atoms with van der Waals surface area (Å²) in [6, 6.07) is 8.02. The molecule has 1 aromatic heterocycles. The van der Waals surface area contributed by atoms with Crippen LogP contribution in [0.5, 0.6) is 0 Å². The van der Waals surface area contributed by atoms with Gasteiger partial charge in [0.1, 0.15) is 5.00 Å². The lowest BCUT2D eigenvalue weighted by molar-refractivity contribution is 0.0858. The zero-order valence-electron chi connectivity index (χ0n) is 13.0. The van der Waals surface area contributed by atoms with E-state index < -0.39 is 0 Å². The Kier molecular flexibility index (Phi) is 5.25. The summed E-state index contributed by atoms with van der Waals surface area (Å²) in [5.74, 6) is -0.683. The minimum Gasteiger partial charge on any atom is -0.313 e. The van der Waals surface area contributed by atoms with Crippen molar-refractivity contribution in [3.8, 4) is 0 Å². The highest BCUT2D eigenvalue weighted by atomic mass is 32.1. The maximum Gasteiger partial charge on any atom is 0.268 e. The normalized spacial score (nSPS) is 10.4. The minimum atomic E-state index is -0.332. The monoisotopic (exact) mass is 331 g/mol. The molecule has 0 radical (unpaired) electrons. The van der Waals surface area contributed by atoms with Gasteiger partial charge < -0.3 is 5.32 Å². The summed E-state index contributed by atoms with van der Waals surface area (Å²) in [4.78, 5) is 35.5. The van der Waals surface area contributed by atoms with E-state index in [1.807, 2.05) is 0 Å².